The Morgan fingerprint density at radius 3 is 2.65 bits per heavy atom. The molecule has 0 N–H and O–H groups in total. The lowest BCUT2D eigenvalue weighted by atomic mass is 9.93. The third kappa shape index (κ3) is 5.00. The third-order valence-corrected chi connectivity index (χ3v) is 7.56. The highest BCUT2D eigenvalue weighted by Gasteiger charge is 2.37. The van der Waals surface area contributed by atoms with Gasteiger partial charge in [0.1, 0.15) is 5.84 Å². The second kappa shape index (κ2) is 9.92. The lowest BCUT2D eigenvalue weighted by Crippen LogP contribution is -2.41. The highest BCUT2D eigenvalue weighted by molar-refractivity contribution is 8.15. The van der Waals surface area contributed by atoms with Gasteiger partial charge in [-0.3, -0.25) is 9.79 Å². The van der Waals surface area contributed by atoms with Crippen molar-refractivity contribution in [2.45, 2.75) is 58.2 Å². The number of aliphatic imine (C=N–C) groups is 1. The Morgan fingerprint density at radius 2 is 1.97 bits per heavy atom. The maximum atomic E-state index is 12.4. The molecule has 34 heavy (non-hydrogen) atoms. The number of amidine groups is 1. The number of amides is 1. The van der Waals surface area contributed by atoms with E-state index in [4.69, 9.17) is 33.3 Å². The molecular formula is C26H30Cl2N4OS. The first kappa shape index (κ1) is 25.1. The normalized spacial score (nSPS) is 18.3. The van der Waals surface area contributed by atoms with Gasteiger partial charge in [0.25, 0.3) is 0 Å². The number of carbonyl (C=O) groups excluding carboxylic acids is 1. The van der Waals surface area contributed by atoms with Crippen molar-refractivity contribution >= 4 is 57.4 Å². The zero-order valence-corrected chi connectivity index (χ0v) is 22.6. The van der Waals surface area contributed by atoms with Gasteiger partial charge in [-0.15, -0.1) is 0 Å². The largest absolute Gasteiger partial charge is 0.326 e. The van der Waals surface area contributed by atoms with Gasteiger partial charge >= 0.3 is 5.24 Å². The molecule has 0 aliphatic carbocycles. The lowest BCUT2D eigenvalue weighted by Gasteiger charge is -2.35. The summed E-state index contributed by atoms with van der Waals surface area (Å²) in [6, 6.07) is 12.2. The number of hydrogen-bond donors (Lipinski definition) is 0. The van der Waals surface area contributed by atoms with Gasteiger partial charge in [-0.2, -0.15) is 5.10 Å². The average molecular weight is 518 g/mol. The summed E-state index contributed by atoms with van der Waals surface area (Å²) in [5.74, 6) is 0.860. The number of carbonyl (C=O) groups is 1. The zero-order valence-electron chi connectivity index (χ0n) is 20.2. The van der Waals surface area contributed by atoms with Crippen LogP contribution < -0.4 is 4.90 Å². The van der Waals surface area contributed by atoms with E-state index in [-0.39, 0.29) is 11.3 Å². The van der Waals surface area contributed by atoms with E-state index in [9.17, 15) is 4.79 Å². The van der Waals surface area contributed by atoms with E-state index >= 15 is 0 Å². The number of hydrogen-bond acceptors (Lipinski definition) is 4. The van der Waals surface area contributed by atoms with Crippen molar-refractivity contribution in [3.05, 3.63) is 63.1 Å². The van der Waals surface area contributed by atoms with E-state index < -0.39 is 4.75 Å². The SMILES string of the molecule is CCN1N=C(c2ccc3c(c2)CCCN3/C(=N\C(C)C)c2ccc(Cl)cc2Cl)C(C)(C)SC1=O. The second-order valence-corrected chi connectivity index (χ2v) is 11.7. The number of fused-ring (bicyclic) bond motifs is 1. The van der Waals surface area contributed by atoms with E-state index in [1.54, 1.807) is 11.1 Å². The maximum Gasteiger partial charge on any atom is 0.302 e. The van der Waals surface area contributed by atoms with Crippen molar-refractivity contribution in [3.63, 3.8) is 0 Å². The van der Waals surface area contributed by atoms with Crippen LogP contribution >= 0.6 is 35.0 Å². The fourth-order valence-corrected chi connectivity index (χ4v) is 5.83. The van der Waals surface area contributed by atoms with Crippen LogP contribution in [0.3, 0.4) is 0 Å². The van der Waals surface area contributed by atoms with Crippen LogP contribution in [0, 0.1) is 0 Å². The molecule has 2 aromatic rings. The Hall–Kier alpha value is -2.02. The van der Waals surface area contributed by atoms with Crippen LogP contribution in [0.1, 0.15) is 57.7 Å². The number of anilines is 1. The fourth-order valence-electron chi connectivity index (χ4n) is 4.37. The minimum Gasteiger partial charge on any atom is -0.326 e. The van der Waals surface area contributed by atoms with Crippen molar-refractivity contribution in [3.8, 4) is 0 Å². The van der Waals surface area contributed by atoms with E-state index in [0.717, 1.165) is 47.7 Å². The quantitative estimate of drug-likeness (QED) is 0.317. The summed E-state index contributed by atoms with van der Waals surface area (Å²) >= 11 is 14.1. The Morgan fingerprint density at radius 1 is 1.21 bits per heavy atom. The number of aryl methyl sites for hydroxylation is 1. The Kier molecular flexibility index (Phi) is 7.32. The van der Waals surface area contributed by atoms with Crippen LogP contribution in [0.25, 0.3) is 0 Å². The third-order valence-electron chi connectivity index (χ3n) is 5.92. The molecule has 0 aromatic heterocycles. The highest BCUT2D eigenvalue weighted by Crippen LogP contribution is 2.38. The summed E-state index contributed by atoms with van der Waals surface area (Å²) in [7, 11) is 0. The van der Waals surface area contributed by atoms with E-state index in [2.05, 4.69) is 50.8 Å². The van der Waals surface area contributed by atoms with Gasteiger partial charge in [-0.05, 0) is 88.9 Å². The summed E-state index contributed by atoms with van der Waals surface area (Å²) in [5, 5.41) is 7.47. The van der Waals surface area contributed by atoms with Crippen molar-refractivity contribution in [1.82, 2.24) is 5.01 Å². The number of thioether (sulfide) groups is 1. The molecule has 180 valence electrons. The van der Waals surface area contributed by atoms with Gasteiger partial charge in [-0.25, -0.2) is 5.01 Å². The van der Waals surface area contributed by atoms with Crippen LogP contribution in [0.15, 0.2) is 46.5 Å². The molecule has 0 bridgehead atoms. The summed E-state index contributed by atoms with van der Waals surface area (Å²) < 4.78 is -0.396. The van der Waals surface area contributed by atoms with Gasteiger partial charge in [0, 0.05) is 35.4 Å². The molecule has 0 radical (unpaired) electrons. The van der Waals surface area contributed by atoms with Crippen molar-refractivity contribution < 1.29 is 4.79 Å². The first-order valence-corrected chi connectivity index (χ1v) is 13.2. The minimum absolute atomic E-state index is 0.00485. The molecule has 2 heterocycles. The summed E-state index contributed by atoms with van der Waals surface area (Å²) in [4.78, 5) is 19.6. The second-order valence-electron chi connectivity index (χ2n) is 9.31. The van der Waals surface area contributed by atoms with Gasteiger partial charge < -0.3 is 4.90 Å². The molecule has 2 aliphatic heterocycles. The van der Waals surface area contributed by atoms with Crippen molar-refractivity contribution in [2.75, 3.05) is 18.0 Å². The number of benzene rings is 2. The number of halogens is 2. The first-order valence-electron chi connectivity index (χ1n) is 11.6. The molecular weight excluding hydrogens is 487 g/mol. The van der Waals surface area contributed by atoms with Crippen LogP contribution in [0.5, 0.6) is 0 Å². The maximum absolute atomic E-state index is 12.4. The predicted molar refractivity (Wildman–Crippen MR) is 146 cm³/mol. The predicted octanol–water partition coefficient (Wildman–Crippen LogP) is 7.27. The molecule has 1 amide bonds. The van der Waals surface area contributed by atoms with E-state index in [0.29, 0.717) is 16.6 Å². The molecule has 0 saturated heterocycles. The van der Waals surface area contributed by atoms with Crippen molar-refractivity contribution in [2.24, 2.45) is 10.1 Å². The lowest BCUT2D eigenvalue weighted by molar-refractivity contribution is 0.226. The average Bonchev–Trinajstić information content (AvgIpc) is 2.76. The first-order chi connectivity index (χ1) is 16.1. The van der Waals surface area contributed by atoms with Gasteiger partial charge in [0.2, 0.25) is 0 Å². The van der Waals surface area contributed by atoms with Gasteiger partial charge in [0.05, 0.1) is 15.5 Å². The smallest absolute Gasteiger partial charge is 0.302 e. The number of rotatable bonds is 4. The van der Waals surface area contributed by atoms with Crippen LogP contribution in [0.4, 0.5) is 10.5 Å². The van der Waals surface area contributed by atoms with Gasteiger partial charge in [-0.1, -0.05) is 41.0 Å². The fraction of sp³-hybridized carbons (Fsp3) is 0.423. The topological polar surface area (TPSA) is 48.3 Å². The molecule has 0 atom stereocenters. The van der Waals surface area contributed by atoms with Crippen LogP contribution in [-0.2, 0) is 6.42 Å². The van der Waals surface area contributed by atoms with Crippen LogP contribution in [0.2, 0.25) is 10.0 Å². The van der Waals surface area contributed by atoms with Crippen molar-refractivity contribution in [1.29, 1.82) is 0 Å². The summed E-state index contributed by atoms with van der Waals surface area (Å²) in [6.45, 7) is 11.6. The zero-order chi connectivity index (χ0) is 24.6. The highest BCUT2D eigenvalue weighted by atomic mass is 35.5. The van der Waals surface area contributed by atoms with Crippen LogP contribution in [-0.4, -0.2) is 45.7 Å². The Bertz CT molecular complexity index is 1180. The Balaban J connectivity index is 1.78. The molecule has 8 heteroatoms. The molecule has 4 rings (SSSR count). The molecule has 5 nitrogen and oxygen atoms in total. The number of nitrogens with zero attached hydrogens (tertiary/aromatic N) is 4. The minimum atomic E-state index is -0.396. The molecule has 0 saturated carbocycles. The standard InChI is InChI=1S/C26H30Cl2N4OS/c1-6-32-25(33)34-26(4,5)23(30-32)18-9-12-22-17(14-18)8-7-13-31(22)24(29-16(2)3)20-11-10-19(27)15-21(20)28/h9-12,14-16H,6-8,13H2,1-5H3/b29-24-. The molecule has 2 aliphatic rings. The molecule has 0 unspecified atom stereocenters. The van der Waals surface area contributed by atoms with E-state index in [1.807, 2.05) is 19.1 Å². The summed E-state index contributed by atoms with van der Waals surface area (Å²) in [5.41, 5.74) is 5.23. The Labute approximate surface area is 216 Å². The molecule has 2 aromatic carbocycles. The molecule has 0 spiro atoms. The van der Waals surface area contributed by atoms with Gasteiger partial charge in [0.15, 0.2) is 0 Å². The van der Waals surface area contributed by atoms with E-state index in [1.165, 1.54) is 17.3 Å². The number of hydrazone groups is 1. The molecule has 0 fully saturated rings. The monoisotopic (exact) mass is 516 g/mol. The summed E-state index contributed by atoms with van der Waals surface area (Å²) in [6.07, 6.45) is 1.98.